The molecule has 1 fully saturated rings. The van der Waals surface area contributed by atoms with Gasteiger partial charge in [-0.05, 0) is 36.8 Å². The van der Waals surface area contributed by atoms with Crippen LogP contribution in [0.2, 0.25) is 5.02 Å². The minimum atomic E-state index is -0.700. The minimum Gasteiger partial charge on any atom is -0.455 e. The van der Waals surface area contributed by atoms with Crippen molar-refractivity contribution < 1.29 is 23.9 Å². The van der Waals surface area contributed by atoms with Crippen LogP contribution in [0.5, 0.6) is 0 Å². The Bertz CT molecular complexity index is 965. The maximum atomic E-state index is 12.4. The number of hydrogen-bond donors (Lipinski definition) is 2. The van der Waals surface area contributed by atoms with Gasteiger partial charge in [0.15, 0.2) is 6.61 Å². The van der Waals surface area contributed by atoms with Gasteiger partial charge < -0.3 is 9.64 Å². The number of benzene rings is 2. The molecule has 0 aromatic heterocycles. The molecule has 0 unspecified atom stereocenters. The minimum absolute atomic E-state index is 0.0327. The first-order valence-corrected chi connectivity index (χ1v) is 10.1. The van der Waals surface area contributed by atoms with E-state index in [4.69, 9.17) is 16.3 Å². The van der Waals surface area contributed by atoms with Crippen LogP contribution in [0.25, 0.3) is 0 Å². The number of nitrogens with zero attached hydrogens (tertiary/aromatic N) is 1. The molecule has 3 rings (SSSR count). The normalized spacial score (nSPS) is 16.5. The van der Waals surface area contributed by atoms with Crippen LogP contribution in [0.3, 0.4) is 0 Å². The molecule has 31 heavy (non-hydrogen) atoms. The summed E-state index contributed by atoms with van der Waals surface area (Å²) in [4.78, 5) is 50.1. The van der Waals surface area contributed by atoms with E-state index in [2.05, 4.69) is 10.9 Å². The highest BCUT2D eigenvalue weighted by Gasteiger charge is 2.38. The van der Waals surface area contributed by atoms with Crippen molar-refractivity contribution in [3.63, 3.8) is 0 Å². The predicted molar refractivity (Wildman–Crippen MR) is 113 cm³/mol. The summed E-state index contributed by atoms with van der Waals surface area (Å²) in [7, 11) is 0. The van der Waals surface area contributed by atoms with Crippen molar-refractivity contribution in [3.8, 4) is 0 Å². The average Bonchev–Trinajstić information content (AvgIpc) is 3.18. The molecule has 1 aliphatic rings. The van der Waals surface area contributed by atoms with E-state index >= 15 is 0 Å². The van der Waals surface area contributed by atoms with Crippen LogP contribution in [0.4, 0.5) is 0 Å². The molecule has 2 atom stereocenters. The van der Waals surface area contributed by atoms with Crippen molar-refractivity contribution in [1.82, 2.24) is 15.8 Å². The number of carbonyl (C=O) groups is 4. The van der Waals surface area contributed by atoms with Crippen molar-refractivity contribution in [2.24, 2.45) is 5.92 Å². The zero-order valence-electron chi connectivity index (χ0n) is 16.8. The zero-order chi connectivity index (χ0) is 22.4. The Hall–Kier alpha value is -3.39. The van der Waals surface area contributed by atoms with E-state index in [1.165, 1.54) is 12.1 Å². The number of halogens is 1. The molecule has 162 valence electrons. The fourth-order valence-electron chi connectivity index (χ4n) is 3.27. The fraction of sp³-hybridized carbons (Fsp3) is 0.273. The van der Waals surface area contributed by atoms with Gasteiger partial charge in [-0.3, -0.25) is 30.0 Å². The summed E-state index contributed by atoms with van der Waals surface area (Å²) in [5.41, 5.74) is 5.67. The summed E-state index contributed by atoms with van der Waals surface area (Å²) in [5.74, 6) is -2.65. The summed E-state index contributed by atoms with van der Waals surface area (Å²) < 4.78 is 5.02. The third kappa shape index (κ3) is 5.82. The van der Waals surface area contributed by atoms with Crippen molar-refractivity contribution in [1.29, 1.82) is 0 Å². The molecule has 0 aliphatic carbocycles. The van der Waals surface area contributed by atoms with Gasteiger partial charge in [0.25, 0.3) is 11.8 Å². The maximum absolute atomic E-state index is 12.4. The molecular formula is C22H22ClN3O5. The van der Waals surface area contributed by atoms with E-state index in [9.17, 15) is 19.2 Å². The number of ether oxygens (including phenoxy) is 1. The van der Waals surface area contributed by atoms with Gasteiger partial charge in [-0.25, -0.2) is 0 Å². The first-order chi connectivity index (χ1) is 14.8. The highest BCUT2D eigenvalue weighted by atomic mass is 35.5. The molecule has 2 N–H and O–H groups in total. The third-order valence-electron chi connectivity index (χ3n) is 5.01. The Kier molecular flexibility index (Phi) is 7.25. The Labute approximate surface area is 184 Å². The number of likely N-dealkylation sites (tertiary alicyclic amines) is 1. The van der Waals surface area contributed by atoms with Gasteiger partial charge in [0.1, 0.15) is 0 Å². The Morgan fingerprint density at radius 2 is 1.77 bits per heavy atom. The van der Waals surface area contributed by atoms with E-state index in [1.54, 1.807) is 17.0 Å². The maximum Gasteiger partial charge on any atom is 0.311 e. The van der Waals surface area contributed by atoms with Gasteiger partial charge in [0, 0.05) is 23.6 Å². The molecule has 2 aromatic rings. The topological polar surface area (TPSA) is 105 Å². The Balaban J connectivity index is 1.44. The molecule has 0 bridgehead atoms. The van der Waals surface area contributed by atoms with Crippen LogP contribution in [-0.2, 0) is 19.1 Å². The molecule has 2 aromatic carbocycles. The summed E-state index contributed by atoms with van der Waals surface area (Å²) >= 11 is 5.76. The second-order valence-electron chi connectivity index (χ2n) is 7.15. The second kappa shape index (κ2) is 10.1. The SMILES string of the molecule is C[C@H](c1ccccc1)N1C[C@H](C(=O)OCC(=O)NNC(=O)c2ccc(Cl)cc2)CC1=O. The van der Waals surface area contributed by atoms with Crippen molar-refractivity contribution >= 4 is 35.3 Å². The lowest BCUT2D eigenvalue weighted by Gasteiger charge is -2.25. The first-order valence-electron chi connectivity index (χ1n) is 9.71. The molecule has 8 nitrogen and oxygen atoms in total. The number of nitrogens with one attached hydrogen (secondary N) is 2. The number of hydrogen-bond acceptors (Lipinski definition) is 5. The van der Waals surface area contributed by atoms with Gasteiger partial charge in [0.05, 0.1) is 12.0 Å². The van der Waals surface area contributed by atoms with Crippen LogP contribution in [0.1, 0.15) is 35.3 Å². The molecule has 1 aliphatic heterocycles. The molecule has 9 heteroatoms. The molecular weight excluding hydrogens is 422 g/mol. The van der Waals surface area contributed by atoms with Crippen LogP contribution in [0, 0.1) is 5.92 Å². The number of rotatable bonds is 6. The highest BCUT2D eigenvalue weighted by molar-refractivity contribution is 6.30. The highest BCUT2D eigenvalue weighted by Crippen LogP contribution is 2.28. The van der Waals surface area contributed by atoms with Gasteiger partial charge >= 0.3 is 5.97 Å². The van der Waals surface area contributed by atoms with Crippen LogP contribution in [-0.4, -0.2) is 41.7 Å². The quantitative estimate of drug-likeness (QED) is 0.526. The average molecular weight is 444 g/mol. The van der Waals surface area contributed by atoms with Gasteiger partial charge in [-0.1, -0.05) is 41.9 Å². The van der Waals surface area contributed by atoms with E-state index in [1.807, 2.05) is 37.3 Å². The standard InChI is InChI=1S/C22H22ClN3O5/c1-14(15-5-3-2-4-6-15)26-12-17(11-20(26)28)22(30)31-13-19(27)24-25-21(29)16-7-9-18(23)10-8-16/h2-10,14,17H,11-13H2,1H3,(H,24,27)(H,25,29)/t14-,17-/m1/s1. The van der Waals surface area contributed by atoms with Gasteiger partial charge in [0.2, 0.25) is 5.91 Å². The lowest BCUT2D eigenvalue weighted by atomic mass is 10.1. The van der Waals surface area contributed by atoms with Crippen molar-refractivity contribution in [2.75, 3.05) is 13.2 Å². The smallest absolute Gasteiger partial charge is 0.311 e. The number of esters is 1. The molecule has 1 saturated heterocycles. The Morgan fingerprint density at radius 1 is 1.10 bits per heavy atom. The summed E-state index contributed by atoms with van der Waals surface area (Å²) in [6.45, 7) is 1.55. The van der Waals surface area contributed by atoms with Crippen LogP contribution >= 0.6 is 11.6 Å². The van der Waals surface area contributed by atoms with Crippen molar-refractivity contribution in [3.05, 3.63) is 70.7 Å². The molecule has 0 radical (unpaired) electrons. The fourth-order valence-corrected chi connectivity index (χ4v) is 3.39. The van der Waals surface area contributed by atoms with E-state index < -0.39 is 30.3 Å². The summed E-state index contributed by atoms with van der Waals surface area (Å²) in [5, 5.41) is 0.481. The van der Waals surface area contributed by atoms with E-state index in [0.29, 0.717) is 10.6 Å². The van der Waals surface area contributed by atoms with E-state index in [-0.39, 0.29) is 24.9 Å². The van der Waals surface area contributed by atoms with Crippen molar-refractivity contribution in [2.45, 2.75) is 19.4 Å². The number of carbonyl (C=O) groups excluding carboxylic acids is 4. The third-order valence-corrected chi connectivity index (χ3v) is 5.26. The second-order valence-corrected chi connectivity index (χ2v) is 7.59. The summed E-state index contributed by atoms with van der Waals surface area (Å²) in [6, 6.07) is 15.5. The van der Waals surface area contributed by atoms with Crippen LogP contribution in [0.15, 0.2) is 54.6 Å². The lowest BCUT2D eigenvalue weighted by Crippen LogP contribution is -2.43. The Morgan fingerprint density at radius 3 is 2.45 bits per heavy atom. The number of amides is 3. The molecule has 0 saturated carbocycles. The zero-order valence-corrected chi connectivity index (χ0v) is 17.6. The van der Waals surface area contributed by atoms with E-state index in [0.717, 1.165) is 5.56 Å². The predicted octanol–water partition coefficient (Wildman–Crippen LogP) is 2.25. The molecule has 3 amide bonds. The van der Waals surface area contributed by atoms with Gasteiger partial charge in [-0.2, -0.15) is 0 Å². The summed E-state index contributed by atoms with van der Waals surface area (Å²) in [6.07, 6.45) is 0.0327. The molecule has 0 spiro atoms. The number of hydrazine groups is 1. The lowest BCUT2D eigenvalue weighted by molar-refractivity contribution is -0.152. The van der Waals surface area contributed by atoms with Gasteiger partial charge in [-0.15, -0.1) is 0 Å². The molecule has 1 heterocycles. The largest absolute Gasteiger partial charge is 0.455 e. The first kappa shape index (κ1) is 22.3. The van der Waals surface area contributed by atoms with Crippen LogP contribution < -0.4 is 10.9 Å². The monoisotopic (exact) mass is 443 g/mol.